The van der Waals surface area contributed by atoms with Gasteiger partial charge in [-0.2, -0.15) is 0 Å². The summed E-state index contributed by atoms with van der Waals surface area (Å²) < 4.78 is 16.5. The fraction of sp³-hybridized carbons (Fsp3) is 0.625. The number of methoxy groups -OCH3 is 1. The van der Waals surface area contributed by atoms with Gasteiger partial charge in [-0.15, -0.1) is 0 Å². The lowest BCUT2D eigenvalue weighted by Gasteiger charge is -2.35. The van der Waals surface area contributed by atoms with E-state index in [1.807, 2.05) is 12.1 Å². The zero-order chi connectivity index (χ0) is 14.3. The van der Waals surface area contributed by atoms with Crippen LogP contribution in [0.5, 0.6) is 5.75 Å². The van der Waals surface area contributed by atoms with Crippen molar-refractivity contribution in [3.05, 3.63) is 29.8 Å². The van der Waals surface area contributed by atoms with Gasteiger partial charge in [0, 0.05) is 31.1 Å². The van der Waals surface area contributed by atoms with E-state index in [2.05, 4.69) is 28.1 Å². The summed E-state index contributed by atoms with van der Waals surface area (Å²) in [7, 11) is 1.73. The van der Waals surface area contributed by atoms with Crippen molar-refractivity contribution in [1.82, 2.24) is 0 Å². The van der Waals surface area contributed by atoms with E-state index < -0.39 is 0 Å². The Morgan fingerprint density at radius 3 is 2.50 bits per heavy atom. The topological polar surface area (TPSA) is 27.7 Å². The van der Waals surface area contributed by atoms with Crippen LogP contribution < -0.4 is 4.74 Å². The molecule has 0 bridgehead atoms. The first kappa shape index (κ1) is 15.8. The van der Waals surface area contributed by atoms with Crippen LogP contribution in [0.15, 0.2) is 24.3 Å². The third kappa shape index (κ3) is 4.47. The summed E-state index contributed by atoms with van der Waals surface area (Å²) in [6, 6.07) is 8.32. The first-order chi connectivity index (χ1) is 9.78. The van der Waals surface area contributed by atoms with Gasteiger partial charge in [-0.3, -0.25) is 0 Å². The molecule has 0 amide bonds. The van der Waals surface area contributed by atoms with E-state index in [1.54, 1.807) is 7.11 Å². The fourth-order valence-electron chi connectivity index (χ4n) is 2.33. The minimum absolute atomic E-state index is 0.215. The van der Waals surface area contributed by atoms with E-state index in [0.29, 0.717) is 0 Å². The summed E-state index contributed by atoms with van der Waals surface area (Å²) in [5, 5.41) is 0.968. The van der Waals surface area contributed by atoms with Crippen LogP contribution in [0.1, 0.15) is 18.4 Å². The van der Waals surface area contributed by atoms with Crippen LogP contribution in [0, 0.1) is 5.41 Å². The van der Waals surface area contributed by atoms with Crippen molar-refractivity contribution in [2.75, 3.05) is 38.9 Å². The Morgan fingerprint density at radius 1 is 1.20 bits per heavy atom. The number of ether oxygens (including phenoxy) is 3. The summed E-state index contributed by atoms with van der Waals surface area (Å²) in [6.07, 6.45) is 3.06. The Labute approximate surface area is 129 Å². The third-order valence-electron chi connectivity index (χ3n) is 3.90. The smallest absolute Gasteiger partial charge is 0.119 e. The predicted octanol–water partition coefficient (Wildman–Crippen LogP) is 3.45. The van der Waals surface area contributed by atoms with Crippen LogP contribution in [-0.2, 0) is 15.9 Å². The van der Waals surface area contributed by atoms with Crippen molar-refractivity contribution in [2.24, 2.45) is 5.41 Å². The molecule has 1 saturated heterocycles. The number of halogens is 1. The molecule has 0 atom stereocenters. The molecule has 1 aliphatic heterocycles. The lowest BCUT2D eigenvalue weighted by Crippen LogP contribution is -2.36. The van der Waals surface area contributed by atoms with Gasteiger partial charge in [-0.05, 0) is 37.0 Å². The van der Waals surface area contributed by atoms with Gasteiger partial charge in [0.05, 0.1) is 13.2 Å². The average Bonchev–Trinajstić information content (AvgIpc) is 2.53. The summed E-state index contributed by atoms with van der Waals surface area (Å²) >= 11 is 3.63. The van der Waals surface area contributed by atoms with Crippen molar-refractivity contribution in [3.63, 3.8) is 0 Å². The maximum atomic E-state index is 5.98. The van der Waals surface area contributed by atoms with Gasteiger partial charge < -0.3 is 14.2 Å². The number of benzene rings is 1. The van der Waals surface area contributed by atoms with Crippen LogP contribution in [0.2, 0.25) is 0 Å². The Bertz CT molecular complexity index is 385. The standard InChI is InChI=1S/C16H23BrO3/c1-18-9-6-14-2-4-15(5-3-14)20-13-16(12-17)7-10-19-11-8-16/h2-5H,6-13H2,1H3. The summed E-state index contributed by atoms with van der Waals surface area (Å²) in [5.74, 6) is 0.943. The Balaban J connectivity index is 1.86. The zero-order valence-corrected chi connectivity index (χ0v) is 13.7. The molecule has 2 rings (SSSR count). The molecule has 0 spiro atoms. The van der Waals surface area contributed by atoms with E-state index >= 15 is 0 Å². The van der Waals surface area contributed by atoms with E-state index in [0.717, 1.165) is 56.8 Å². The Hall–Kier alpha value is -0.580. The van der Waals surface area contributed by atoms with Gasteiger partial charge in [-0.1, -0.05) is 28.1 Å². The molecule has 1 aromatic rings. The molecule has 3 nitrogen and oxygen atoms in total. The molecule has 0 unspecified atom stereocenters. The van der Waals surface area contributed by atoms with Crippen LogP contribution in [0.25, 0.3) is 0 Å². The lowest BCUT2D eigenvalue weighted by atomic mass is 9.83. The van der Waals surface area contributed by atoms with Crippen LogP contribution in [-0.4, -0.2) is 38.9 Å². The van der Waals surface area contributed by atoms with E-state index in [4.69, 9.17) is 14.2 Å². The molecule has 0 saturated carbocycles. The number of alkyl halides is 1. The second-order valence-corrected chi connectivity index (χ2v) is 5.98. The molecule has 1 aromatic carbocycles. The Kier molecular flexibility index (Phi) is 6.33. The summed E-state index contributed by atoms with van der Waals surface area (Å²) in [5.41, 5.74) is 1.49. The minimum atomic E-state index is 0.215. The second kappa shape index (κ2) is 8.01. The van der Waals surface area contributed by atoms with Crippen molar-refractivity contribution < 1.29 is 14.2 Å². The number of rotatable bonds is 7. The third-order valence-corrected chi connectivity index (χ3v) is 5.09. The molecule has 20 heavy (non-hydrogen) atoms. The van der Waals surface area contributed by atoms with Gasteiger partial charge in [0.1, 0.15) is 5.75 Å². The molecular weight excluding hydrogens is 320 g/mol. The highest BCUT2D eigenvalue weighted by Gasteiger charge is 2.32. The quantitative estimate of drug-likeness (QED) is 0.710. The van der Waals surface area contributed by atoms with E-state index in [9.17, 15) is 0 Å². The van der Waals surface area contributed by atoms with E-state index in [-0.39, 0.29) is 5.41 Å². The van der Waals surface area contributed by atoms with Crippen molar-refractivity contribution >= 4 is 15.9 Å². The average molecular weight is 343 g/mol. The minimum Gasteiger partial charge on any atom is -0.493 e. The molecule has 0 aromatic heterocycles. The molecule has 1 heterocycles. The van der Waals surface area contributed by atoms with Gasteiger partial charge in [0.15, 0.2) is 0 Å². The van der Waals surface area contributed by atoms with Gasteiger partial charge >= 0.3 is 0 Å². The van der Waals surface area contributed by atoms with Crippen LogP contribution in [0.4, 0.5) is 0 Å². The molecular formula is C16H23BrO3. The molecule has 1 fully saturated rings. The Morgan fingerprint density at radius 2 is 1.90 bits per heavy atom. The molecule has 112 valence electrons. The maximum absolute atomic E-state index is 5.98. The second-order valence-electron chi connectivity index (χ2n) is 5.42. The zero-order valence-electron chi connectivity index (χ0n) is 12.1. The number of hydrogen-bond donors (Lipinski definition) is 0. The van der Waals surface area contributed by atoms with Crippen LogP contribution in [0.3, 0.4) is 0 Å². The SMILES string of the molecule is COCCc1ccc(OCC2(CBr)CCOCC2)cc1. The van der Waals surface area contributed by atoms with Crippen molar-refractivity contribution in [2.45, 2.75) is 19.3 Å². The van der Waals surface area contributed by atoms with Gasteiger partial charge in [0.25, 0.3) is 0 Å². The highest BCUT2D eigenvalue weighted by atomic mass is 79.9. The normalized spacial score (nSPS) is 17.9. The van der Waals surface area contributed by atoms with Crippen LogP contribution >= 0.6 is 15.9 Å². The maximum Gasteiger partial charge on any atom is 0.119 e. The highest BCUT2D eigenvalue weighted by Crippen LogP contribution is 2.33. The molecule has 4 heteroatoms. The number of hydrogen-bond acceptors (Lipinski definition) is 3. The largest absolute Gasteiger partial charge is 0.493 e. The first-order valence-electron chi connectivity index (χ1n) is 7.12. The fourth-order valence-corrected chi connectivity index (χ4v) is 3.05. The molecule has 0 aliphatic carbocycles. The lowest BCUT2D eigenvalue weighted by molar-refractivity contribution is 0.00354. The summed E-state index contributed by atoms with van der Waals surface area (Å²) in [6.45, 7) is 3.18. The van der Waals surface area contributed by atoms with Crippen molar-refractivity contribution in [1.29, 1.82) is 0 Å². The monoisotopic (exact) mass is 342 g/mol. The predicted molar refractivity (Wildman–Crippen MR) is 83.8 cm³/mol. The molecule has 1 aliphatic rings. The molecule has 0 radical (unpaired) electrons. The summed E-state index contributed by atoms with van der Waals surface area (Å²) in [4.78, 5) is 0. The van der Waals surface area contributed by atoms with Gasteiger partial charge in [-0.25, -0.2) is 0 Å². The van der Waals surface area contributed by atoms with Crippen molar-refractivity contribution in [3.8, 4) is 5.75 Å². The molecule has 0 N–H and O–H groups in total. The highest BCUT2D eigenvalue weighted by molar-refractivity contribution is 9.09. The first-order valence-corrected chi connectivity index (χ1v) is 8.24. The van der Waals surface area contributed by atoms with E-state index in [1.165, 1.54) is 5.56 Å². The van der Waals surface area contributed by atoms with Gasteiger partial charge in [0.2, 0.25) is 0 Å².